The Morgan fingerprint density at radius 3 is 2.57 bits per heavy atom. The summed E-state index contributed by atoms with van der Waals surface area (Å²) >= 11 is 0. The maximum atomic E-state index is 15.2. The molecule has 0 bridgehead atoms. The molecule has 2 atom stereocenters. The van der Waals surface area contributed by atoms with Crippen molar-refractivity contribution in [1.82, 2.24) is 10.2 Å². The number of amides is 2. The molecule has 150 valence electrons. The summed E-state index contributed by atoms with van der Waals surface area (Å²) in [7, 11) is 0. The number of halogens is 2. The fourth-order valence-corrected chi connectivity index (χ4v) is 4.99. The predicted molar refractivity (Wildman–Crippen MR) is 97.3 cm³/mol. The second-order valence-corrected chi connectivity index (χ2v) is 9.32. The molecule has 1 aromatic carbocycles. The fourth-order valence-electron chi connectivity index (χ4n) is 4.99. The largest absolute Gasteiger partial charge is 0.390 e. The Morgan fingerprint density at radius 1 is 1.32 bits per heavy atom. The van der Waals surface area contributed by atoms with Crippen LogP contribution in [0.4, 0.5) is 8.78 Å². The van der Waals surface area contributed by atoms with E-state index in [-0.39, 0.29) is 48.5 Å². The van der Waals surface area contributed by atoms with E-state index in [9.17, 15) is 19.1 Å². The van der Waals surface area contributed by atoms with E-state index < -0.39 is 28.9 Å². The first-order valence-electron chi connectivity index (χ1n) is 9.98. The molecule has 1 aliphatic heterocycles. The molecule has 1 heterocycles. The number of carbonyl (C=O) groups is 2. The first-order chi connectivity index (χ1) is 13.2. The summed E-state index contributed by atoms with van der Waals surface area (Å²) in [5, 5.41) is 12.6. The average molecular weight is 390 g/mol. The number of hydrogen-bond acceptors (Lipinski definition) is 3. The highest BCUT2D eigenvalue weighted by atomic mass is 19.1. The minimum Gasteiger partial charge on any atom is -0.390 e. The maximum absolute atomic E-state index is 15.2. The number of carbonyl (C=O) groups excluding carboxylic acids is 2. The molecule has 5 nitrogen and oxygen atoms in total. The minimum atomic E-state index is -1.20. The number of aliphatic hydroxyl groups is 1. The lowest BCUT2D eigenvalue weighted by Crippen LogP contribution is -2.56. The number of benzene rings is 1. The van der Waals surface area contributed by atoms with Gasteiger partial charge in [-0.15, -0.1) is 0 Å². The standard InChI is InChI=1S/C21H24F2N2O3/c1-20(28)6-12(7-20)24-16(26)9-25-10-21(8-15(21)22)17-14(19(25)27)5-4-13(18(17)23)11-2-3-11/h4-5,11-12,15,28H,2-3,6-10H2,1H3,(H,24,26)/t12?,15-,20?,21+/m1/s1. The van der Waals surface area contributed by atoms with Crippen LogP contribution in [-0.4, -0.2) is 52.7 Å². The molecule has 0 saturated heterocycles. The zero-order chi connectivity index (χ0) is 19.8. The molecule has 2 amide bonds. The molecule has 1 spiro atoms. The van der Waals surface area contributed by atoms with E-state index in [0.717, 1.165) is 12.8 Å². The van der Waals surface area contributed by atoms with Crippen molar-refractivity contribution >= 4 is 11.8 Å². The van der Waals surface area contributed by atoms with E-state index >= 15 is 4.39 Å². The van der Waals surface area contributed by atoms with Gasteiger partial charge in [-0.3, -0.25) is 9.59 Å². The number of rotatable bonds is 4. The normalized spacial score (nSPS) is 36.1. The zero-order valence-electron chi connectivity index (χ0n) is 15.8. The van der Waals surface area contributed by atoms with Crippen LogP contribution < -0.4 is 5.32 Å². The molecule has 2 N–H and O–H groups in total. The lowest BCUT2D eigenvalue weighted by Gasteiger charge is -2.41. The van der Waals surface area contributed by atoms with Gasteiger partial charge in [0, 0.05) is 23.7 Å². The highest BCUT2D eigenvalue weighted by Gasteiger charge is 2.62. The van der Waals surface area contributed by atoms with Gasteiger partial charge in [0.05, 0.1) is 17.6 Å². The molecule has 3 aliphatic carbocycles. The highest BCUT2D eigenvalue weighted by molar-refractivity contribution is 6.00. The average Bonchev–Trinajstić information content (AvgIpc) is 3.49. The second kappa shape index (κ2) is 5.75. The molecule has 3 fully saturated rings. The summed E-state index contributed by atoms with van der Waals surface area (Å²) in [6.07, 6.45) is 1.78. The molecule has 3 saturated carbocycles. The number of nitrogens with one attached hydrogen (secondary N) is 1. The molecule has 28 heavy (non-hydrogen) atoms. The lowest BCUT2D eigenvalue weighted by molar-refractivity contribution is -0.125. The predicted octanol–water partition coefficient (Wildman–Crippen LogP) is 2.17. The number of fused-ring (bicyclic) bond motifs is 2. The van der Waals surface area contributed by atoms with Gasteiger partial charge in [-0.1, -0.05) is 6.07 Å². The highest BCUT2D eigenvalue weighted by Crippen LogP contribution is 2.56. The van der Waals surface area contributed by atoms with Gasteiger partial charge in [-0.25, -0.2) is 8.78 Å². The van der Waals surface area contributed by atoms with Crippen LogP contribution in [0.1, 0.15) is 66.4 Å². The van der Waals surface area contributed by atoms with Gasteiger partial charge in [-0.2, -0.15) is 0 Å². The smallest absolute Gasteiger partial charge is 0.254 e. The molecule has 0 unspecified atom stereocenters. The SMILES string of the molecule is CC1(O)CC(NC(=O)CN2C[C@]3(C[C@H]3F)c3c(ccc(C4CC4)c3F)C2=O)C1. The summed E-state index contributed by atoms with van der Waals surface area (Å²) in [4.78, 5) is 26.6. The van der Waals surface area contributed by atoms with Crippen LogP contribution in [0.5, 0.6) is 0 Å². The Labute approximate surface area is 162 Å². The van der Waals surface area contributed by atoms with Crippen LogP contribution in [0.2, 0.25) is 0 Å². The Hall–Kier alpha value is -2.02. The molecule has 0 radical (unpaired) electrons. The molecular formula is C21H24F2N2O3. The van der Waals surface area contributed by atoms with Crippen LogP contribution in [0, 0.1) is 5.82 Å². The molecule has 7 heteroatoms. The quantitative estimate of drug-likeness (QED) is 0.828. The molecule has 1 aromatic rings. The number of alkyl halides is 1. The van der Waals surface area contributed by atoms with Crippen molar-refractivity contribution < 1.29 is 23.5 Å². The van der Waals surface area contributed by atoms with Gasteiger partial charge in [0.2, 0.25) is 5.91 Å². The van der Waals surface area contributed by atoms with Gasteiger partial charge >= 0.3 is 0 Å². The van der Waals surface area contributed by atoms with E-state index in [1.54, 1.807) is 19.1 Å². The van der Waals surface area contributed by atoms with Crippen LogP contribution in [0.25, 0.3) is 0 Å². The molecule has 4 aliphatic rings. The van der Waals surface area contributed by atoms with Gasteiger partial charge in [-0.05, 0) is 56.6 Å². The van der Waals surface area contributed by atoms with Gasteiger partial charge in [0.25, 0.3) is 5.91 Å². The molecule has 5 rings (SSSR count). The van der Waals surface area contributed by atoms with Crippen molar-refractivity contribution in [1.29, 1.82) is 0 Å². The summed E-state index contributed by atoms with van der Waals surface area (Å²) in [6, 6.07) is 3.14. The Bertz CT molecular complexity index is 875. The Balaban J connectivity index is 1.37. The van der Waals surface area contributed by atoms with E-state index in [4.69, 9.17) is 0 Å². The minimum absolute atomic E-state index is 0.0286. The number of nitrogens with zero attached hydrogens (tertiary/aromatic N) is 1. The van der Waals surface area contributed by atoms with Crippen molar-refractivity contribution in [2.75, 3.05) is 13.1 Å². The summed E-state index contributed by atoms with van der Waals surface area (Å²) in [6.45, 7) is 1.56. The first kappa shape index (κ1) is 18.0. The molecule has 0 aromatic heterocycles. The van der Waals surface area contributed by atoms with Crippen molar-refractivity contribution in [2.24, 2.45) is 0 Å². The monoisotopic (exact) mass is 390 g/mol. The third-order valence-electron chi connectivity index (χ3n) is 6.73. The van der Waals surface area contributed by atoms with Crippen molar-refractivity contribution in [3.8, 4) is 0 Å². The van der Waals surface area contributed by atoms with Crippen LogP contribution in [0.3, 0.4) is 0 Å². The fraction of sp³-hybridized carbons (Fsp3) is 0.619. The van der Waals surface area contributed by atoms with Crippen LogP contribution >= 0.6 is 0 Å². The third-order valence-corrected chi connectivity index (χ3v) is 6.73. The van der Waals surface area contributed by atoms with Crippen LogP contribution in [-0.2, 0) is 10.2 Å². The van der Waals surface area contributed by atoms with Gasteiger partial charge < -0.3 is 15.3 Å². The summed E-state index contributed by atoms with van der Waals surface area (Å²) in [5.74, 6) is -0.998. The summed E-state index contributed by atoms with van der Waals surface area (Å²) in [5.41, 5.74) is -0.769. The van der Waals surface area contributed by atoms with Crippen molar-refractivity contribution in [3.63, 3.8) is 0 Å². The van der Waals surface area contributed by atoms with E-state index in [1.165, 1.54) is 4.90 Å². The van der Waals surface area contributed by atoms with E-state index in [2.05, 4.69) is 5.32 Å². The van der Waals surface area contributed by atoms with Gasteiger partial charge in [0.15, 0.2) is 0 Å². The van der Waals surface area contributed by atoms with Crippen LogP contribution in [0.15, 0.2) is 12.1 Å². The van der Waals surface area contributed by atoms with E-state index in [0.29, 0.717) is 18.4 Å². The Morgan fingerprint density at radius 2 is 2.00 bits per heavy atom. The summed E-state index contributed by atoms with van der Waals surface area (Å²) < 4.78 is 29.6. The number of hydrogen-bond donors (Lipinski definition) is 2. The van der Waals surface area contributed by atoms with Crippen molar-refractivity contribution in [2.45, 2.75) is 68.2 Å². The second-order valence-electron chi connectivity index (χ2n) is 9.32. The topological polar surface area (TPSA) is 69.6 Å². The lowest BCUT2D eigenvalue weighted by atomic mass is 9.77. The first-order valence-corrected chi connectivity index (χ1v) is 9.98. The zero-order valence-corrected chi connectivity index (χ0v) is 15.8. The van der Waals surface area contributed by atoms with Gasteiger partial charge in [0.1, 0.15) is 12.0 Å². The third kappa shape index (κ3) is 2.74. The Kier molecular flexibility index (Phi) is 3.70. The van der Waals surface area contributed by atoms with Crippen molar-refractivity contribution in [3.05, 3.63) is 34.6 Å². The van der Waals surface area contributed by atoms with E-state index in [1.807, 2.05) is 0 Å². The molecular weight excluding hydrogens is 366 g/mol. The maximum Gasteiger partial charge on any atom is 0.254 e.